The van der Waals surface area contributed by atoms with Gasteiger partial charge in [-0.05, 0) is 42.0 Å². The number of piperazine rings is 1. The first kappa shape index (κ1) is 24.2. The van der Waals surface area contributed by atoms with Crippen molar-refractivity contribution in [2.24, 2.45) is 0 Å². The number of ether oxygens (including phenoxy) is 1. The van der Waals surface area contributed by atoms with E-state index in [1.807, 2.05) is 53.4 Å². The molecule has 5 rings (SSSR count). The van der Waals surface area contributed by atoms with E-state index in [1.54, 1.807) is 30.2 Å². The van der Waals surface area contributed by atoms with Crippen molar-refractivity contribution in [2.75, 3.05) is 43.9 Å². The Kier molecular flexibility index (Phi) is 7.13. The molecule has 0 radical (unpaired) electrons. The van der Waals surface area contributed by atoms with Crippen LogP contribution in [0.5, 0.6) is 5.75 Å². The molecule has 0 bridgehead atoms. The third-order valence-electron chi connectivity index (χ3n) is 6.69. The summed E-state index contributed by atoms with van der Waals surface area (Å²) >= 11 is 1.50. The number of para-hydroxylation sites is 2. The normalized spacial score (nSPS) is 19.9. The van der Waals surface area contributed by atoms with Gasteiger partial charge in [0.25, 0.3) is 5.91 Å². The van der Waals surface area contributed by atoms with E-state index in [9.17, 15) is 14.0 Å². The van der Waals surface area contributed by atoms with Crippen LogP contribution in [0.2, 0.25) is 0 Å². The number of hydrogen-bond donors (Lipinski definition) is 0. The van der Waals surface area contributed by atoms with Crippen LogP contribution in [0.4, 0.5) is 10.1 Å². The molecule has 2 fully saturated rings. The van der Waals surface area contributed by atoms with E-state index < -0.39 is 11.4 Å². The largest absolute Gasteiger partial charge is 0.495 e. The number of methoxy groups -OCH3 is 1. The number of hydrogen-bond acceptors (Lipinski definition) is 5. The lowest BCUT2D eigenvalue weighted by Crippen LogP contribution is -2.55. The molecule has 2 amide bonds. The number of thioether (sulfide) groups is 1. The van der Waals surface area contributed by atoms with Crippen molar-refractivity contribution in [1.82, 2.24) is 9.80 Å². The molecule has 0 spiro atoms. The number of anilines is 1. The average molecular weight is 506 g/mol. The Morgan fingerprint density at radius 3 is 2.36 bits per heavy atom. The van der Waals surface area contributed by atoms with E-state index >= 15 is 0 Å². The first-order valence-corrected chi connectivity index (χ1v) is 13.0. The quantitative estimate of drug-likeness (QED) is 0.513. The van der Waals surface area contributed by atoms with Crippen molar-refractivity contribution < 1.29 is 18.7 Å². The second kappa shape index (κ2) is 10.6. The van der Waals surface area contributed by atoms with E-state index in [0.29, 0.717) is 43.1 Å². The van der Waals surface area contributed by atoms with Crippen LogP contribution in [0.15, 0.2) is 78.9 Å². The highest BCUT2D eigenvalue weighted by Gasteiger charge is 2.44. The minimum absolute atomic E-state index is 0.0645. The van der Waals surface area contributed by atoms with Gasteiger partial charge in [-0.1, -0.05) is 42.5 Å². The Balaban J connectivity index is 1.36. The Bertz CT molecular complexity index is 1230. The summed E-state index contributed by atoms with van der Waals surface area (Å²) in [6, 6.07) is 22.5. The van der Waals surface area contributed by atoms with Crippen LogP contribution < -0.4 is 9.64 Å². The van der Waals surface area contributed by atoms with Crippen molar-refractivity contribution in [1.29, 1.82) is 0 Å². The SMILES string of the molecule is COc1ccccc1N1CCN(C(=O)C2CSC(c3cccc(F)c3)N2C(=O)c2ccccc2)CC1. The van der Waals surface area contributed by atoms with Crippen molar-refractivity contribution in [3.63, 3.8) is 0 Å². The van der Waals surface area contributed by atoms with Crippen LogP contribution in [0.3, 0.4) is 0 Å². The number of rotatable bonds is 5. The zero-order valence-electron chi connectivity index (χ0n) is 20.0. The molecule has 0 N–H and O–H groups in total. The topological polar surface area (TPSA) is 53.1 Å². The zero-order chi connectivity index (χ0) is 25.1. The molecule has 186 valence electrons. The summed E-state index contributed by atoms with van der Waals surface area (Å²) in [6.07, 6.45) is 0. The van der Waals surface area contributed by atoms with Gasteiger partial charge >= 0.3 is 0 Å². The Hall–Kier alpha value is -3.52. The van der Waals surface area contributed by atoms with E-state index in [0.717, 1.165) is 11.4 Å². The number of amides is 2. The van der Waals surface area contributed by atoms with Crippen LogP contribution >= 0.6 is 11.8 Å². The van der Waals surface area contributed by atoms with E-state index in [-0.39, 0.29) is 17.6 Å². The molecule has 2 heterocycles. The van der Waals surface area contributed by atoms with Crippen molar-refractivity contribution in [3.8, 4) is 5.75 Å². The molecule has 6 nitrogen and oxygen atoms in total. The van der Waals surface area contributed by atoms with E-state index in [1.165, 1.54) is 23.9 Å². The predicted molar refractivity (Wildman–Crippen MR) is 140 cm³/mol. The lowest BCUT2D eigenvalue weighted by Gasteiger charge is -2.39. The molecule has 3 aromatic rings. The van der Waals surface area contributed by atoms with Gasteiger partial charge in [0.2, 0.25) is 5.91 Å². The summed E-state index contributed by atoms with van der Waals surface area (Å²) in [5, 5.41) is -0.433. The number of nitrogens with zero attached hydrogens (tertiary/aromatic N) is 3. The molecular weight excluding hydrogens is 477 g/mol. The molecule has 0 aromatic heterocycles. The van der Waals surface area contributed by atoms with Gasteiger partial charge in [-0.15, -0.1) is 11.8 Å². The summed E-state index contributed by atoms with van der Waals surface area (Å²) in [5.41, 5.74) is 2.20. The van der Waals surface area contributed by atoms with E-state index in [4.69, 9.17) is 4.74 Å². The molecule has 2 atom stereocenters. The minimum Gasteiger partial charge on any atom is -0.495 e. The van der Waals surface area contributed by atoms with Crippen molar-refractivity contribution in [2.45, 2.75) is 11.4 Å². The summed E-state index contributed by atoms with van der Waals surface area (Å²) in [4.78, 5) is 33.1. The molecule has 36 heavy (non-hydrogen) atoms. The summed E-state index contributed by atoms with van der Waals surface area (Å²) in [7, 11) is 1.66. The maximum atomic E-state index is 14.0. The van der Waals surface area contributed by atoms with Gasteiger partial charge in [0.15, 0.2) is 0 Å². The second-order valence-corrected chi connectivity index (χ2v) is 9.93. The Labute approximate surface area is 214 Å². The highest BCUT2D eigenvalue weighted by molar-refractivity contribution is 7.99. The molecule has 0 aliphatic carbocycles. The highest BCUT2D eigenvalue weighted by Crippen LogP contribution is 2.43. The monoisotopic (exact) mass is 505 g/mol. The van der Waals surface area contributed by atoms with Gasteiger partial charge in [0, 0.05) is 37.5 Å². The number of benzene rings is 3. The van der Waals surface area contributed by atoms with Crippen molar-refractivity contribution in [3.05, 3.63) is 95.8 Å². The number of halogens is 1. The smallest absolute Gasteiger partial charge is 0.255 e. The second-order valence-electron chi connectivity index (χ2n) is 8.82. The molecule has 8 heteroatoms. The first-order valence-electron chi connectivity index (χ1n) is 12.0. The number of carbonyl (C=O) groups is 2. The first-order chi connectivity index (χ1) is 17.6. The van der Waals surface area contributed by atoms with Gasteiger partial charge in [-0.2, -0.15) is 0 Å². The standard InChI is InChI=1S/C28H28FN3O3S/c1-35-25-13-6-5-12-23(25)30-14-16-31(17-15-30)27(34)24-19-36-28(21-10-7-11-22(29)18-21)32(24)26(33)20-8-3-2-4-9-20/h2-13,18,24,28H,14-17,19H2,1H3. The Morgan fingerprint density at radius 1 is 0.917 bits per heavy atom. The summed E-state index contributed by atoms with van der Waals surface area (Å²) in [5.74, 6) is 0.626. The van der Waals surface area contributed by atoms with E-state index in [2.05, 4.69) is 4.90 Å². The predicted octanol–water partition coefficient (Wildman–Crippen LogP) is 4.44. The minimum atomic E-state index is -0.617. The summed E-state index contributed by atoms with van der Waals surface area (Å²) < 4.78 is 19.6. The third-order valence-corrected chi connectivity index (χ3v) is 8.01. The maximum absolute atomic E-state index is 14.0. The van der Waals surface area contributed by atoms with Crippen LogP contribution in [-0.2, 0) is 4.79 Å². The fourth-order valence-corrected chi connectivity index (χ4v) is 6.27. The molecule has 3 aromatic carbocycles. The lowest BCUT2D eigenvalue weighted by molar-refractivity contribution is -0.135. The Morgan fingerprint density at radius 2 is 1.64 bits per heavy atom. The fraction of sp³-hybridized carbons (Fsp3) is 0.286. The van der Waals surface area contributed by atoms with Gasteiger partial charge in [-0.3, -0.25) is 9.59 Å². The summed E-state index contributed by atoms with van der Waals surface area (Å²) in [6.45, 7) is 2.45. The highest BCUT2D eigenvalue weighted by atomic mass is 32.2. The van der Waals surface area contributed by atoms with Gasteiger partial charge in [0.1, 0.15) is 23.0 Å². The molecule has 2 aliphatic rings. The number of carbonyl (C=O) groups excluding carboxylic acids is 2. The molecular formula is C28H28FN3O3S. The molecule has 2 aliphatic heterocycles. The third kappa shape index (κ3) is 4.78. The van der Waals surface area contributed by atoms with Crippen molar-refractivity contribution >= 4 is 29.3 Å². The van der Waals surface area contributed by atoms with Crippen LogP contribution in [0, 0.1) is 5.82 Å². The zero-order valence-corrected chi connectivity index (χ0v) is 20.9. The van der Waals surface area contributed by atoms with Gasteiger partial charge in [-0.25, -0.2) is 4.39 Å². The van der Waals surface area contributed by atoms with Gasteiger partial charge < -0.3 is 19.4 Å². The van der Waals surface area contributed by atoms with Crippen LogP contribution in [0.1, 0.15) is 21.3 Å². The van der Waals surface area contributed by atoms with Gasteiger partial charge in [0.05, 0.1) is 12.8 Å². The average Bonchev–Trinajstić information content (AvgIpc) is 3.38. The molecule has 2 saturated heterocycles. The molecule has 0 saturated carbocycles. The van der Waals surface area contributed by atoms with Crippen LogP contribution in [-0.4, -0.2) is 66.7 Å². The lowest BCUT2D eigenvalue weighted by atomic mass is 10.1. The maximum Gasteiger partial charge on any atom is 0.255 e. The van der Waals surface area contributed by atoms with Crippen LogP contribution in [0.25, 0.3) is 0 Å². The fourth-order valence-electron chi connectivity index (χ4n) is 4.86. The molecule has 2 unspecified atom stereocenters.